The number of nitrogens with zero attached hydrogens (tertiary/aromatic N) is 2. The van der Waals surface area contributed by atoms with Crippen molar-refractivity contribution in [1.29, 1.82) is 0 Å². The minimum atomic E-state index is -0.958. The van der Waals surface area contributed by atoms with Gasteiger partial charge in [0, 0.05) is 6.20 Å². The molecule has 0 saturated heterocycles. The van der Waals surface area contributed by atoms with Crippen LogP contribution >= 0.6 is 15.9 Å². The van der Waals surface area contributed by atoms with Crippen LogP contribution in [0.15, 0.2) is 22.8 Å². The maximum Gasteiger partial charge on any atom is 0.352 e. The van der Waals surface area contributed by atoms with Gasteiger partial charge in [-0.15, -0.1) is 0 Å². The molecule has 72 valence electrons. The molecule has 0 aliphatic carbocycles. The molecule has 0 aliphatic heterocycles. The van der Waals surface area contributed by atoms with Crippen LogP contribution in [0.5, 0.6) is 0 Å². The molecule has 2 aromatic rings. The molecule has 0 spiro atoms. The third-order valence-corrected chi connectivity index (χ3v) is 2.53. The number of aromatic carboxylic acids is 1. The summed E-state index contributed by atoms with van der Waals surface area (Å²) in [5.74, 6) is -0.958. The highest BCUT2D eigenvalue weighted by molar-refractivity contribution is 9.10. The number of carboxylic acids is 1. The Hall–Kier alpha value is -1.36. The molecular weight excluding hydrogens is 248 g/mol. The van der Waals surface area contributed by atoms with Gasteiger partial charge in [-0.05, 0) is 35.0 Å². The summed E-state index contributed by atoms with van der Waals surface area (Å²) in [6.45, 7) is 1.82. The van der Waals surface area contributed by atoms with Crippen molar-refractivity contribution in [2.24, 2.45) is 0 Å². The molecule has 0 unspecified atom stereocenters. The Morgan fingerprint density at radius 2 is 2.29 bits per heavy atom. The lowest BCUT2D eigenvalue weighted by molar-refractivity contribution is 0.0689. The molecule has 2 heterocycles. The van der Waals surface area contributed by atoms with Crippen LogP contribution in [0, 0.1) is 6.92 Å². The van der Waals surface area contributed by atoms with Crippen molar-refractivity contribution in [2.75, 3.05) is 0 Å². The molecule has 0 saturated carbocycles. The van der Waals surface area contributed by atoms with Gasteiger partial charge in [-0.1, -0.05) is 0 Å². The number of fused-ring (bicyclic) bond motifs is 1. The summed E-state index contributed by atoms with van der Waals surface area (Å²) in [5.41, 5.74) is 1.63. The van der Waals surface area contributed by atoms with Crippen LogP contribution in [0.25, 0.3) is 5.65 Å². The van der Waals surface area contributed by atoms with E-state index in [1.807, 2.05) is 6.92 Å². The Labute approximate surface area is 88.3 Å². The fraction of sp³-hybridized carbons (Fsp3) is 0.111. The number of hydrogen-bond acceptors (Lipinski definition) is 2. The first-order valence-corrected chi connectivity index (χ1v) is 4.76. The lowest BCUT2D eigenvalue weighted by Gasteiger charge is -2.00. The lowest BCUT2D eigenvalue weighted by Crippen LogP contribution is -2.04. The SMILES string of the molecule is Cc1cn2c(C(=O)O)ccc(Br)c2n1. The average molecular weight is 255 g/mol. The summed E-state index contributed by atoms with van der Waals surface area (Å²) < 4.78 is 2.34. The van der Waals surface area contributed by atoms with Crippen LogP contribution in [0.4, 0.5) is 0 Å². The number of imidazole rings is 1. The number of carbonyl (C=O) groups is 1. The molecule has 0 fully saturated rings. The van der Waals surface area contributed by atoms with E-state index in [1.165, 1.54) is 0 Å². The number of halogens is 1. The predicted molar refractivity (Wildman–Crippen MR) is 54.6 cm³/mol. The van der Waals surface area contributed by atoms with Gasteiger partial charge in [0.25, 0.3) is 0 Å². The van der Waals surface area contributed by atoms with Crippen molar-refractivity contribution in [3.63, 3.8) is 0 Å². The van der Waals surface area contributed by atoms with E-state index < -0.39 is 5.97 Å². The zero-order valence-corrected chi connectivity index (χ0v) is 8.95. The normalized spacial score (nSPS) is 10.7. The topological polar surface area (TPSA) is 54.6 Å². The van der Waals surface area contributed by atoms with Gasteiger partial charge in [-0.3, -0.25) is 4.40 Å². The second-order valence-corrected chi connectivity index (χ2v) is 3.80. The Bertz CT molecular complexity index is 519. The van der Waals surface area contributed by atoms with E-state index in [-0.39, 0.29) is 5.69 Å². The van der Waals surface area contributed by atoms with Crippen molar-refractivity contribution in [2.45, 2.75) is 6.92 Å². The molecule has 0 radical (unpaired) electrons. The van der Waals surface area contributed by atoms with E-state index in [1.54, 1.807) is 22.7 Å². The monoisotopic (exact) mass is 254 g/mol. The molecule has 0 amide bonds. The van der Waals surface area contributed by atoms with E-state index in [2.05, 4.69) is 20.9 Å². The lowest BCUT2D eigenvalue weighted by atomic mass is 10.3. The number of aromatic nitrogens is 2. The van der Waals surface area contributed by atoms with Gasteiger partial charge in [-0.2, -0.15) is 0 Å². The first-order chi connectivity index (χ1) is 6.59. The minimum Gasteiger partial charge on any atom is -0.477 e. The fourth-order valence-electron chi connectivity index (χ4n) is 1.33. The number of pyridine rings is 1. The largest absolute Gasteiger partial charge is 0.477 e. The van der Waals surface area contributed by atoms with Gasteiger partial charge in [0.05, 0.1) is 10.2 Å². The van der Waals surface area contributed by atoms with E-state index in [0.29, 0.717) is 5.65 Å². The van der Waals surface area contributed by atoms with Crippen LogP contribution in [0.3, 0.4) is 0 Å². The van der Waals surface area contributed by atoms with Gasteiger partial charge >= 0.3 is 5.97 Å². The van der Waals surface area contributed by atoms with Crippen molar-refractivity contribution in [3.05, 3.63) is 34.2 Å². The number of carboxylic acid groups (broad SMARTS) is 1. The van der Waals surface area contributed by atoms with Gasteiger partial charge in [0.1, 0.15) is 5.69 Å². The van der Waals surface area contributed by atoms with Crippen LogP contribution < -0.4 is 0 Å². The molecule has 0 aromatic carbocycles. The van der Waals surface area contributed by atoms with Crippen LogP contribution in [-0.4, -0.2) is 20.5 Å². The maximum absolute atomic E-state index is 10.9. The highest BCUT2D eigenvalue weighted by Crippen LogP contribution is 2.19. The Balaban J connectivity index is 2.87. The smallest absolute Gasteiger partial charge is 0.352 e. The van der Waals surface area contributed by atoms with E-state index in [9.17, 15) is 4.79 Å². The second kappa shape index (κ2) is 3.09. The molecule has 4 nitrogen and oxygen atoms in total. The Morgan fingerprint density at radius 3 is 2.93 bits per heavy atom. The van der Waals surface area contributed by atoms with Gasteiger partial charge in [0.2, 0.25) is 0 Å². The average Bonchev–Trinajstić information content (AvgIpc) is 2.47. The van der Waals surface area contributed by atoms with Gasteiger partial charge in [-0.25, -0.2) is 9.78 Å². The predicted octanol–water partition coefficient (Wildman–Crippen LogP) is 2.10. The van der Waals surface area contributed by atoms with Crippen LogP contribution in [0.1, 0.15) is 16.2 Å². The fourth-order valence-corrected chi connectivity index (χ4v) is 1.74. The summed E-state index contributed by atoms with van der Waals surface area (Å²) in [6.07, 6.45) is 1.70. The quantitative estimate of drug-likeness (QED) is 0.848. The zero-order valence-electron chi connectivity index (χ0n) is 7.36. The first kappa shape index (κ1) is 9.21. The highest BCUT2D eigenvalue weighted by atomic mass is 79.9. The summed E-state index contributed by atoms with van der Waals surface area (Å²) in [5, 5.41) is 8.92. The number of rotatable bonds is 1. The molecular formula is C9H7BrN2O2. The molecule has 1 N–H and O–H groups in total. The van der Waals surface area contributed by atoms with Crippen LogP contribution in [0.2, 0.25) is 0 Å². The summed E-state index contributed by atoms with van der Waals surface area (Å²) in [7, 11) is 0. The van der Waals surface area contributed by atoms with Crippen molar-refractivity contribution < 1.29 is 9.90 Å². The maximum atomic E-state index is 10.9. The van der Waals surface area contributed by atoms with E-state index in [4.69, 9.17) is 5.11 Å². The van der Waals surface area contributed by atoms with E-state index >= 15 is 0 Å². The summed E-state index contributed by atoms with van der Waals surface area (Å²) in [4.78, 5) is 15.1. The van der Waals surface area contributed by atoms with Crippen molar-refractivity contribution >= 4 is 27.5 Å². The first-order valence-electron chi connectivity index (χ1n) is 3.97. The third-order valence-electron chi connectivity index (χ3n) is 1.91. The summed E-state index contributed by atoms with van der Waals surface area (Å²) in [6, 6.07) is 3.23. The van der Waals surface area contributed by atoms with E-state index in [0.717, 1.165) is 10.2 Å². The van der Waals surface area contributed by atoms with Crippen molar-refractivity contribution in [1.82, 2.24) is 9.38 Å². The summed E-state index contributed by atoms with van der Waals surface area (Å²) >= 11 is 3.32. The number of hydrogen-bond donors (Lipinski definition) is 1. The molecule has 14 heavy (non-hydrogen) atoms. The Morgan fingerprint density at radius 1 is 1.57 bits per heavy atom. The molecule has 0 atom stereocenters. The van der Waals surface area contributed by atoms with Crippen LogP contribution in [-0.2, 0) is 0 Å². The molecule has 0 aliphatic rings. The second-order valence-electron chi connectivity index (χ2n) is 2.95. The molecule has 0 bridgehead atoms. The Kier molecular flexibility index (Phi) is 2.03. The minimum absolute atomic E-state index is 0.212. The standard InChI is InChI=1S/C9H7BrN2O2/c1-5-4-12-7(9(13)14)3-2-6(10)8(12)11-5/h2-4H,1H3,(H,13,14). The van der Waals surface area contributed by atoms with Crippen molar-refractivity contribution in [3.8, 4) is 0 Å². The third kappa shape index (κ3) is 1.29. The molecule has 2 aromatic heterocycles. The highest BCUT2D eigenvalue weighted by Gasteiger charge is 2.11. The van der Waals surface area contributed by atoms with Gasteiger partial charge in [0.15, 0.2) is 5.65 Å². The molecule has 5 heteroatoms. The van der Waals surface area contributed by atoms with Gasteiger partial charge < -0.3 is 5.11 Å². The molecule has 2 rings (SSSR count). The zero-order chi connectivity index (χ0) is 10.3. The number of aryl methyl sites for hydroxylation is 1.